The van der Waals surface area contributed by atoms with Crippen LogP contribution in [0.2, 0.25) is 0 Å². The predicted molar refractivity (Wildman–Crippen MR) is 69.1 cm³/mol. The quantitative estimate of drug-likeness (QED) is 0.348. The Morgan fingerprint density at radius 2 is 1.95 bits per heavy atom. The number of methoxy groups -OCH3 is 1. The van der Waals surface area contributed by atoms with Crippen LogP contribution < -0.4 is 16.4 Å². The van der Waals surface area contributed by atoms with Crippen molar-refractivity contribution in [3.8, 4) is 0 Å². The number of hydrogen-bond acceptors (Lipinski definition) is 5. The number of urea groups is 1. The Labute approximate surface area is 116 Å². The molecule has 0 bridgehead atoms. The second-order valence-electron chi connectivity index (χ2n) is 3.92. The lowest BCUT2D eigenvalue weighted by Gasteiger charge is -2.13. The summed E-state index contributed by atoms with van der Waals surface area (Å²) in [5, 5.41) is 13.4. The van der Waals surface area contributed by atoms with Crippen molar-refractivity contribution in [2.24, 2.45) is 5.73 Å². The van der Waals surface area contributed by atoms with Crippen LogP contribution in [-0.4, -0.2) is 62.5 Å². The van der Waals surface area contributed by atoms with Gasteiger partial charge in [0.1, 0.15) is 6.04 Å². The number of amides is 3. The SMILES string of the molecule is COCCOCCCNC(=O)N[C@@H](CC(N)=O)C(=O)O. The van der Waals surface area contributed by atoms with Gasteiger partial charge in [-0.1, -0.05) is 0 Å². The third-order valence-electron chi connectivity index (χ3n) is 2.19. The summed E-state index contributed by atoms with van der Waals surface area (Å²) in [7, 11) is 1.57. The number of nitrogens with one attached hydrogen (secondary N) is 2. The zero-order chi connectivity index (χ0) is 15.4. The number of carboxylic acids is 1. The normalized spacial score (nSPS) is 11.7. The highest BCUT2D eigenvalue weighted by Gasteiger charge is 2.21. The molecule has 1 atom stereocenters. The van der Waals surface area contributed by atoms with Gasteiger partial charge >= 0.3 is 12.0 Å². The molecule has 0 saturated carbocycles. The van der Waals surface area contributed by atoms with Crippen molar-refractivity contribution in [3.63, 3.8) is 0 Å². The molecule has 0 fully saturated rings. The number of carbonyl (C=O) groups is 3. The van der Waals surface area contributed by atoms with Crippen LogP contribution in [0.3, 0.4) is 0 Å². The molecule has 3 amide bonds. The molecule has 0 aliphatic rings. The minimum atomic E-state index is -1.33. The third-order valence-corrected chi connectivity index (χ3v) is 2.19. The standard InChI is InChI=1S/C11H21N3O6/c1-19-5-6-20-4-2-3-13-11(18)14-8(10(16)17)7-9(12)15/h8H,2-7H2,1H3,(H2,12,15)(H,16,17)(H2,13,14,18)/t8-/m0/s1. The van der Waals surface area contributed by atoms with E-state index in [0.717, 1.165) is 0 Å². The average molecular weight is 291 g/mol. The van der Waals surface area contributed by atoms with E-state index in [1.165, 1.54) is 0 Å². The first kappa shape index (κ1) is 18.1. The van der Waals surface area contributed by atoms with Crippen molar-refractivity contribution in [1.82, 2.24) is 10.6 Å². The van der Waals surface area contributed by atoms with Crippen molar-refractivity contribution in [1.29, 1.82) is 0 Å². The van der Waals surface area contributed by atoms with E-state index in [4.69, 9.17) is 20.3 Å². The molecular weight excluding hydrogens is 270 g/mol. The molecule has 0 unspecified atom stereocenters. The van der Waals surface area contributed by atoms with Gasteiger partial charge in [0.2, 0.25) is 5.91 Å². The summed E-state index contributed by atoms with van der Waals surface area (Å²) < 4.78 is 9.96. The summed E-state index contributed by atoms with van der Waals surface area (Å²) in [4.78, 5) is 32.8. The molecule has 9 heteroatoms. The highest BCUT2D eigenvalue weighted by Crippen LogP contribution is 1.91. The maximum atomic E-state index is 11.4. The second-order valence-corrected chi connectivity index (χ2v) is 3.92. The largest absolute Gasteiger partial charge is 0.480 e. The zero-order valence-corrected chi connectivity index (χ0v) is 11.4. The molecule has 0 aromatic rings. The number of carboxylic acid groups (broad SMARTS) is 1. The summed E-state index contributed by atoms with van der Waals surface area (Å²) in [6.07, 6.45) is 0.119. The number of ether oxygens (including phenoxy) is 2. The lowest BCUT2D eigenvalue weighted by molar-refractivity contribution is -0.140. The van der Waals surface area contributed by atoms with E-state index in [9.17, 15) is 14.4 Å². The van der Waals surface area contributed by atoms with Gasteiger partial charge in [-0.05, 0) is 6.42 Å². The van der Waals surface area contributed by atoms with E-state index in [0.29, 0.717) is 32.8 Å². The van der Waals surface area contributed by atoms with Gasteiger partial charge in [0.15, 0.2) is 0 Å². The molecule has 0 radical (unpaired) electrons. The van der Waals surface area contributed by atoms with Crippen molar-refractivity contribution < 1.29 is 29.0 Å². The lowest BCUT2D eigenvalue weighted by Crippen LogP contribution is -2.47. The Kier molecular flexibility index (Phi) is 9.97. The molecule has 5 N–H and O–H groups in total. The maximum Gasteiger partial charge on any atom is 0.326 e. The van der Waals surface area contributed by atoms with Crippen LogP contribution in [0.25, 0.3) is 0 Å². The number of hydrogen-bond donors (Lipinski definition) is 4. The highest BCUT2D eigenvalue weighted by molar-refractivity contribution is 5.87. The zero-order valence-electron chi connectivity index (χ0n) is 11.4. The monoisotopic (exact) mass is 291 g/mol. The maximum absolute atomic E-state index is 11.4. The molecule has 9 nitrogen and oxygen atoms in total. The number of aliphatic carboxylic acids is 1. The van der Waals surface area contributed by atoms with Gasteiger partial charge in [0.25, 0.3) is 0 Å². The summed E-state index contributed by atoms with van der Waals surface area (Å²) >= 11 is 0. The van der Waals surface area contributed by atoms with Crippen LogP contribution in [0.1, 0.15) is 12.8 Å². The molecule has 116 valence electrons. The topological polar surface area (TPSA) is 140 Å². The summed E-state index contributed by atoms with van der Waals surface area (Å²) in [6.45, 7) is 1.75. The summed E-state index contributed by atoms with van der Waals surface area (Å²) in [6, 6.07) is -2.00. The van der Waals surface area contributed by atoms with Crippen molar-refractivity contribution in [3.05, 3.63) is 0 Å². The van der Waals surface area contributed by atoms with Crippen molar-refractivity contribution >= 4 is 17.9 Å². The average Bonchev–Trinajstić information content (AvgIpc) is 2.36. The fourth-order valence-electron chi connectivity index (χ4n) is 1.23. The van der Waals surface area contributed by atoms with E-state index in [-0.39, 0.29) is 0 Å². The van der Waals surface area contributed by atoms with E-state index in [1.54, 1.807) is 7.11 Å². The van der Waals surface area contributed by atoms with Crippen LogP contribution in [0, 0.1) is 0 Å². The van der Waals surface area contributed by atoms with E-state index in [1.807, 2.05) is 0 Å². The number of carbonyl (C=O) groups excluding carboxylic acids is 2. The molecule has 0 heterocycles. The Bertz CT molecular complexity index is 323. The molecule has 0 aliphatic carbocycles. The van der Waals surface area contributed by atoms with Crippen LogP contribution in [-0.2, 0) is 19.1 Å². The van der Waals surface area contributed by atoms with Gasteiger partial charge in [-0.25, -0.2) is 9.59 Å². The summed E-state index contributed by atoms with van der Waals surface area (Å²) in [5.74, 6) is -2.12. The fraction of sp³-hybridized carbons (Fsp3) is 0.727. The Morgan fingerprint density at radius 1 is 1.25 bits per heavy atom. The first-order valence-electron chi connectivity index (χ1n) is 6.09. The molecule has 0 aliphatic heterocycles. The molecule has 0 spiro atoms. The van der Waals surface area contributed by atoms with E-state index >= 15 is 0 Å². The molecule has 0 aromatic carbocycles. The Balaban J connectivity index is 3.75. The number of primary amides is 1. The van der Waals surface area contributed by atoms with Crippen molar-refractivity contribution in [2.75, 3.05) is 33.5 Å². The van der Waals surface area contributed by atoms with Gasteiger partial charge in [-0.2, -0.15) is 0 Å². The van der Waals surface area contributed by atoms with Crippen LogP contribution in [0.15, 0.2) is 0 Å². The first-order valence-corrected chi connectivity index (χ1v) is 6.09. The number of nitrogens with two attached hydrogens (primary N) is 1. The highest BCUT2D eigenvalue weighted by atomic mass is 16.5. The van der Waals surface area contributed by atoms with Crippen LogP contribution >= 0.6 is 0 Å². The number of rotatable bonds is 11. The van der Waals surface area contributed by atoms with Gasteiger partial charge in [0, 0.05) is 20.3 Å². The van der Waals surface area contributed by atoms with E-state index < -0.39 is 30.4 Å². The van der Waals surface area contributed by atoms with Crippen LogP contribution in [0.5, 0.6) is 0 Å². The fourth-order valence-corrected chi connectivity index (χ4v) is 1.23. The predicted octanol–water partition coefficient (Wildman–Crippen LogP) is -1.33. The van der Waals surface area contributed by atoms with Gasteiger partial charge in [0.05, 0.1) is 19.6 Å². The second kappa shape index (κ2) is 11.0. The third kappa shape index (κ3) is 10.1. The minimum Gasteiger partial charge on any atom is -0.480 e. The minimum absolute atomic E-state index is 0.321. The first-order chi connectivity index (χ1) is 9.47. The summed E-state index contributed by atoms with van der Waals surface area (Å²) in [5.41, 5.74) is 4.89. The van der Waals surface area contributed by atoms with Crippen LogP contribution in [0.4, 0.5) is 4.79 Å². The molecule has 0 aromatic heterocycles. The Hall–Kier alpha value is -1.87. The molecule has 0 rings (SSSR count). The van der Waals surface area contributed by atoms with Gasteiger partial charge in [-0.3, -0.25) is 4.79 Å². The molecule has 0 saturated heterocycles. The van der Waals surface area contributed by atoms with Gasteiger partial charge < -0.3 is 30.9 Å². The lowest BCUT2D eigenvalue weighted by atomic mass is 10.2. The van der Waals surface area contributed by atoms with Gasteiger partial charge in [-0.15, -0.1) is 0 Å². The smallest absolute Gasteiger partial charge is 0.326 e. The molecular formula is C11H21N3O6. The molecule has 20 heavy (non-hydrogen) atoms. The van der Waals surface area contributed by atoms with E-state index in [2.05, 4.69) is 10.6 Å². The Morgan fingerprint density at radius 3 is 2.50 bits per heavy atom. The van der Waals surface area contributed by atoms with Crippen molar-refractivity contribution in [2.45, 2.75) is 18.9 Å².